The Balaban J connectivity index is 1.79. The third kappa shape index (κ3) is 4.44. The molecular weight excluding hydrogens is 464 g/mol. The van der Waals surface area contributed by atoms with Gasteiger partial charge in [-0.05, 0) is 36.2 Å². The molecule has 2 aromatic heterocycles. The second-order valence-electron chi connectivity index (χ2n) is 7.60. The second-order valence-corrected chi connectivity index (χ2v) is 9.44. The number of ketones is 1. The number of aromatic amines is 1. The highest BCUT2D eigenvalue weighted by molar-refractivity contribution is 7.92. The average molecular weight is 483 g/mol. The zero-order valence-electron chi connectivity index (χ0n) is 17.9. The Hall–Kier alpha value is -3.92. The van der Waals surface area contributed by atoms with Crippen molar-refractivity contribution in [3.8, 4) is 11.1 Å². The van der Waals surface area contributed by atoms with Crippen LogP contribution in [0.1, 0.15) is 39.6 Å². The van der Waals surface area contributed by atoms with Crippen LogP contribution < -0.4 is 4.72 Å². The lowest BCUT2D eigenvalue weighted by Gasteiger charge is -2.11. The number of sulfonamides is 1. The first-order valence-corrected chi connectivity index (χ1v) is 11.9. The van der Waals surface area contributed by atoms with E-state index in [1.54, 1.807) is 43.5 Å². The highest BCUT2D eigenvalue weighted by Gasteiger charge is 2.26. The Kier molecular flexibility index (Phi) is 6.25. The minimum absolute atomic E-state index is 0.0396. The lowest BCUT2D eigenvalue weighted by atomic mass is 9.99. The van der Waals surface area contributed by atoms with Gasteiger partial charge in [0.1, 0.15) is 17.8 Å². The normalized spacial score (nSPS) is 11.5. The van der Waals surface area contributed by atoms with E-state index in [0.717, 1.165) is 12.1 Å². The van der Waals surface area contributed by atoms with E-state index in [1.807, 2.05) is 0 Å². The van der Waals surface area contributed by atoms with Gasteiger partial charge in [-0.2, -0.15) is 0 Å². The molecule has 10 heteroatoms. The molecule has 0 unspecified atom stereocenters. The number of nitrogens with zero attached hydrogens (tertiary/aromatic N) is 1. The summed E-state index contributed by atoms with van der Waals surface area (Å²) in [5, 5.41) is 0.315. The van der Waals surface area contributed by atoms with Crippen LogP contribution in [-0.4, -0.2) is 36.2 Å². The quantitative estimate of drug-likeness (QED) is 0.279. The molecule has 0 saturated heterocycles. The number of anilines is 1. The van der Waals surface area contributed by atoms with Crippen LogP contribution in [0.15, 0.2) is 54.9 Å². The average Bonchev–Trinajstić information content (AvgIpc) is 3.24. The number of pyridine rings is 1. The van der Waals surface area contributed by atoms with Gasteiger partial charge in [-0.15, -0.1) is 0 Å². The summed E-state index contributed by atoms with van der Waals surface area (Å²) in [6.45, 7) is 1.64. The summed E-state index contributed by atoms with van der Waals surface area (Å²) in [6.07, 6.45) is 3.83. The maximum Gasteiger partial charge on any atom is 0.232 e. The van der Waals surface area contributed by atoms with Crippen molar-refractivity contribution in [2.45, 2.75) is 13.3 Å². The summed E-state index contributed by atoms with van der Waals surface area (Å²) in [7, 11) is -3.86. The van der Waals surface area contributed by atoms with E-state index in [2.05, 4.69) is 14.7 Å². The topological polar surface area (TPSA) is 109 Å². The van der Waals surface area contributed by atoms with Crippen LogP contribution >= 0.6 is 0 Å². The molecule has 2 N–H and O–H groups in total. The van der Waals surface area contributed by atoms with Crippen LogP contribution in [-0.2, 0) is 10.0 Å². The maximum absolute atomic E-state index is 15.1. The Morgan fingerprint density at radius 2 is 1.94 bits per heavy atom. The highest BCUT2D eigenvalue weighted by Crippen LogP contribution is 2.29. The number of hydrogen-bond acceptors (Lipinski definition) is 5. The molecule has 4 aromatic rings. The molecule has 2 heterocycles. The minimum atomic E-state index is -3.86. The monoisotopic (exact) mass is 483 g/mol. The van der Waals surface area contributed by atoms with Gasteiger partial charge in [0.2, 0.25) is 15.8 Å². The summed E-state index contributed by atoms with van der Waals surface area (Å²) < 4.78 is 55.9. The number of carbonyl (C=O) groups excluding carboxylic acids is 2. The van der Waals surface area contributed by atoms with Crippen molar-refractivity contribution in [1.82, 2.24) is 9.97 Å². The number of fused-ring (bicyclic) bond motifs is 1. The Morgan fingerprint density at radius 1 is 1.15 bits per heavy atom. The number of nitrogens with one attached hydrogen (secondary N) is 2. The first kappa shape index (κ1) is 23.2. The Labute approximate surface area is 193 Å². The van der Waals surface area contributed by atoms with Crippen molar-refractivity contribution in [3.63, 3.8) is 0 Å². The molecular formula is C24H19F2N3O4S. The van der Waals surface area contributed by atoms with Gasteiger partial charge < -0.3 is 4.98 Å². The number of halogens is 2. The van der Waals surface area contributed by atoms with Gasteiger partial charge in [0, 0.05) is 34.5 Å². The van der Waals surface area contributed by atoms with Crippen LogP contribution in [0.3, 0.4) is 0 Å². The number of rotatable bonds is 8. The Morgan fingerprint density at radius 3 is 2.68 bits per heavy atom. The standard InChI is InChI=1S/C24H19F2N3O4S/c1-2-8-34(32,33)29-20-7-6-19(25)21(22(20)26)23(31)18-12-28-24-17(18)10-16(11-27-24)15-5-3-4-14(9-15)13-30/h3-7,9-13,29H,2,8H2,1H3,(H,27,28). The molecule has 0 fully saturated rings. The third-order valence-electron chi connectivity index (χ3n) is 5.19. The molecule has 0 aliphatic heterocycles. The molecule has 0 radical (unpaired) electrons. The predicted molar refractivity (Wildman–Crippen MR) is 124 cm³/mol. The largest absolute Gasteiger partial charge is 0.345 e. The summed E-state index contributed by atoms with van der Waals surface area (Å²) >= 11 is 0. The van der Waals surface area contributed by atoms with Gasteiger partial charge in [0.15, 0.2) is 5.82 Å². The van der Waals surface area contributed by atoms with Crippen molar-refractivity contribution in [2.24, 2.45) is 0 Å². The van der Waals surface area contributed by atoms with Crippen molar-refractivity contribution >= 4 is 38.8 Å². The van der Waals surface area contributed by atoms with Crippen LogP contribution in [0.2, 0.25) is 0 Å². The number of aromatic nitrogens is 2. The Bertz CT molecular complexity index is 1530. The smallest absolute Gasteiger partial charge is 0.232 e. The molecule has 34 heavy (non-hydrogen) atoms. The fraction of sp³-hybridized carbons (Fsp3) is 0.125. The molecule has 0 aliphatic carbocycles. The molecule has 174 valence electrons. The van der Waals surface area contributed by atoms with E-state index in [4.69, 9.17) is 0 Å². The van der Waals surface area contributed by atoms with Crippen molar-refractivity contribution < 1.29 is 26.8 Å². The molecule has 0 bridgehead atoms. The molecule has 7 nitrogen and oxygen atoms in total. The van der Waals surface area contributed by atoms with Crippen molar-refractivity contribution in [1.29, 1.82) is 0 Å². The number of H-pyrrole nitrogens is 1. The van der Waals surface area contributed by atoms with Gasteiger partial charge in [0.05, 0.1) is 17.0 Å². The fourth-order valence-corrected chi connectivity index (χ4v) is 4.73. The van der Waals surface area contributed by atoms with Crippen LogP contribution in [0, 0.1) is 11.6 Å². The first-order chi connectivity index (χ1) is 16.2. The molecule has 0 spiro atoms. The van der Waals surface area contributed by atoms with Crippen molar-refractivity contribution in [3.05, 3.63) is 83.2 Å². The van der Waals surface area contributed by atoms with E-state index in [9.17, 15) is 22.4 Å². The molecule has 0 atom stereocenters. The van der Waals surface area contributed by atoms with E-state index < -0.39 is 38.7 Å². The summed E-state index contributed by atoms with van der Waals surface area (Å²) in [4.78, 5) is 31.4. The molecule has 4 rings (SSSR count). The van der Waals surface area contributed by atoms with E-state index in [0.29, 0.717) is 40.4 Å². The summed E-state index contributed by atoms with van der Waals surface area (Å²) in [6, 6.07) is 10.1. The van der Waals surface area contributed by atoms with Crippen molar-refractivity contribution in [2.75, 3.05) is 10.5 Å². The summed E-state index contributed by atoms with van der Waals surface area (Å²) in [5.41, 5.74) is 0.597. The lowest BCUT2D eigenvalue weighted by Crippen LogP contribution is -2.18. The number of aldehydes is 1. The number of hydrogen-bond donors (Lipinski definition) is 2. The number of carbonyl (C=O) groups is 2. The van der Waals surface area contributed by atoms with Gasteiger partial charge in [0.25, 0.3) is 0 Å². The SMILES string of the molecule is CCCS(=O)(=O)Nc1ccc(F)c(C(=O)c2c[nH]c3ncc(-c4cccc(C=O)c4)cc23)c1F. The van der Waals surface area contributed by atoms with Crippen LogP contribution in [0.5, 0.6) is 0 Å². The predicted octanol–water partition coefficient (Wildman–Crippen LogP) is 4.70. The van der Waals surface area contributed by atoms with Gasteiger partial charge in [-0.3, -0.25) is 14.3 Å². The van der Waals surface area contributed by atoms with E-state index in [-0.39, 0.29) is 11.3 Å². The zero-order chi connectivity index (χ0) is 24.5. The van der Waals surface area contributed by atoms with Crippen LogP contribution in [0.4, 0.5) is 14.5 Å². The zero-order valence-corrected chi connectivity index (χ0v) is 18.7. The summed E-state index contributed by atoms with van der Waals surface area (Å²) in [5.74, 6) is -3.66. The molecule has 0 amide bonds. The van der Waals surface area contributed by atoms with Crippen LogP contribution in [0.25, 0.3) is 22.2 Å². The van der Waals surface area contributed by atoms with Gasteiger partial charge >= 0.3 is 0 Å². The van der Waals surface area contributed by atoms with Gasteiger partial charge in [-0.1, -0.05) is 25.1 Å². The molecule has 0 saturated carbocycles. The third-order valence-corrected chi connectivity index (χ3v) is 6.66. The highest BCUT2D eigenvalue weighted by atomic mass is 32.2. The minimum Gasteiger partial charge on any atom is -0.345 e. The van der Waals surface area contributed by atoms with E-state index in [1.165, 1.54) is 6.20 Å². The maximum atomic E-state index is 15.1. The first-order valence-electron chi connectivity index (χ1n) is 10.3. The second kappa shape index (κ2) is 9.14. The molecule has 2 aromatic carbocycles. The molecule has 0 aliphatic rings. The lowest BCUT2D eigenvalue weighted by molar-refractivity contribution is 0.103. The van der Waals surface area contributed by atoms with Gasteiger partial charge in [-0.25, -0.2) is 22.2 Å². The van der Waals surface area contributed by atoms with E-state index >= 15 is 4.39 Å². The fourth-order valence-electron chi connectivity index (χ4n) is 3.60. The number of benzene rings is 2.